The van der Waals surface area contributed by atoms with Crippen molar-refractivity contribution < 1.29 is 0 Å². The molecule has 2 heterocycles. The zero-order valence-corrected chi connectivity index (χ0v) is 12.4. The molecule has 0 fully saturated rings. The molecule has 0 saturated heterocycles. The monoisotopic (exact) mass is 363 g/mol. The molecule has 0 amide bonds. The van der Waals surface area contributed by atoms with Gasteiger partial charge in [-0.1, -0.05) is 22.0 Å². The quantitative estimate of drug-likeness (QED) is 0.474. The summed E-state index contributed by atoms with van der Waals surface area (Å²) in [6, 6.07) is 6.34. The Balaban J connectivity index is 2.04. The largest absolute Gasteiger partial charge is 0.286 e. The fourth-order valence-corrected chi connectivity index (χ4v) is 3.18. The number of imidazole rings is 1. The number of fused-ring (bicyclic) bond motifs is 5. The maximum absolute atomic E-state index is 4.62. The van der Waals surface area contributed by atoms with Crippen LogP contribution in [0.4, 0.5) is 0 Å². The Morgan fingerprint density at radius 1 is 1.17 bits per heavy atom. The van der Waals surface area contributed by atoms with Crippen LogP contribution in [0.2, 0.25) is 0 Å². The van der Waals surface area contributed by atoms with E-state index in [0.717, 1.165) is 26.8 Å². The van der Waals surface area contributed by atoms with E-state index in [0.29, 0.717) is 0 Å². The lowest BCUT2D eigenvalue weighted by atomic mass is 10.1. The van der Waals surface area contributed by atoms with E-state index in [4.69, 9.17) is 0 Å². The number of benzene rings is 1. The summed E-state index contributed by atoms with van der Waals surface area (Å²) in [5, 5.41) is 0. The SMILES string of the molecule is Brc1ccc2c(c1)Cc1c-2nc2ncc(Br)cn12. The summed E-state index contributed by atoms with van der Waals surface area (Å²) in [5.41, 5.74) is 4.81. The van der Waals surface area contributed by atoms with Crippen LogP contribution in [0.5, 0.6) is 0 Å². The lowest BCUT2D eigenvalue weighted by Crippen LogP contribution is -1.93. The molecular formula is C13H7Br2N3. The topological polar surface area (TPSA) is 30.2 Å². The smallest absolute Gasteiger partial charge is 0.234 e. The van der Waals surface area contributed by atoms with Gasteiger partial charge < -0.3 is 0 Å². The Labute approximate surface area is 120 Å². The van der Waals surface area contributed by atoms with E-state index in [2.05, 4.69) is 64.4 Å². The minimum Gasteiger partial charge on any atom is -0.286 e. The van der Waals surface area contributed by atoms with Crippen molar-refractivity contribution >= 4 is 37.6 Å². The van der Waals surface area contributed by atoms with Gasteiger partial charge in [0, 0.05) is 28.9 Å². The van der Waals surface area contributed by atoms with Crippen molar-refractivity contribution in [1.29, 1.82) is 0 Å². The van der Waals surface area contributed by atoms with Gasteiger partial charge >= 0.3 is 0 Å². The molecule has 88 valence electrons. The van der Waals surface area contributed by atoms with Crippen LogP contribution in [0.25, 0.3) is 17.0 Å². The first-order valence-electron chi connectivity index (χ1n) is 5.53. The molecule has 3 aromatic rings. The minimum absolute atomic E-state index is 0.761. The molecule has 0 aliphatic heterocycles. The summed E-state index contributed by atoms with van der Waals surface area (Å²) in [6.07, 6.45) is 4.71. The molecule has 1 aliphatic carbocycles. The molecule has 0 unspecified atom stereocenters. The third-order valence-corrected chi connectivity index (χ3v) is 4.13. The maximum atomic E-state index is 4.62. The van der Waals surface area contributed by atoms with E-state index in [1.807, 2.05) is 6.20 Å². The number of hydrogen-bond acceptors (Lipinski definition) is 2. The number of aromatic nitrogens is 3. The summed E-state index contributed by atoms with van der Waals surface area (Å²) in [5.74, 6) is 0.761. The summed E-state index contributed by atoms with van der Waals surface area (Å²) >= 11 is 6.97. The molecule has 0 spiro atoms. The number of halogens is 2. The summed E-state index contributed by atoms with van der Waals surface area (Å²) in [7, 11) is 0. The second-order valence-corrected chi connectivity index (χ2v) is 6.16. The summed E-state index contributed by atoms with van der Waals surface area (Å²) in [6.45, 7) is 0. The highest BCUT2D eigenvalue weighted by Gasteiger charge is 2.24. The van der Waals surface area contributed by atoms with Crippen molar-refractivity contribution in [2.75, 3.05) is 0 Å². The Morgan fingerprint density at radius 2 is 2.06 bits per heavy atom. The van der Waals surface area contributed by atoms with Crippen molar-refractivity contribution in [3.8, 4) is 11.3 Å². The predicted octanol–water partition coefficient (Wildman–Crippen LogP) is 3.83. The third-order valence-electron chi connectivity index (χ3n) is 3.23. The van der Waals surface area contributed by atoms with Crippen molar-refractivity contribution in [2.45, 2.75) is 6.42 Å². The Bertz CT molecular complexity index is 792. The second-order valence-electron chi connectivity index (χ2n) is 4.33. The van der Waals surface area contributed by atoms with Gasteiger partial charge in [-0.15, -0.1) is 0 Å². The average molecular weight is 365 g/mol. The predicted molar refractivity (Wildman–Crippen MR) is 76.6 cm³/mol. The van der Waals surface area contributed by atoms with Gasteiger partial charge in [0.1, 0.15) is 0 Å². The third kappa shape index (κ3) is 1.40. The van der Waals surface area contributed by atoms with Crippen LogP contribution in [0, 0.1) is 0 Å². The molecule has 1 aliphatic rings. The Kier molecular flexibility index (Phi) is 2.17. The van der Waals surface area contributed by atoms with Crippen LogP contribution in [0.3, 0.4) is 0 Å². The zero-order chi connectivity index (χ0) is 12.3. The molecule has 18 heavy (non-hydrogen) atoms. The van der Waals surface area contributed by atoms with E-state index in [9.17, 15) is 0 Å². The highest BCUT2D eigenvalue weighted by Crippen LogP contribution is 2.37. The van der Waals surface area contributed by atoms with Crippen LogP contribution in [-0.2, 0) is 6.42 Å². The van der Waals surface area contributed by atoms with Gasteiger partial charge in [-0.3, -0.25) is 4.40 Å². The number of nitrogens with zero attached hydrogens (tertiary/aromatic N) is 3. The van der Waals surface area contributed by atoms with Crippen LogP contribution in [0.1, 0.15) is 11.3 Å². The van der Waals surface area contributed by atoms with Crippen LogP contribution >= 0.6 is 31.9 Å². The van der Waals surface area contributed by atoms with Gasteiger partial charge in [-0.2, -0.15) is 0 Å². The molecule has 0 saturated carbocycles. The van der Waals surface area contributed by atoms with Crippen LogP contribution in [0.15, 0.2) is 39.5 Å². The van der Waals surface area contributed by atoms with Crippen LogP contribution < -0.4 is 0 Å². The van der Waals surface area contributed by atoms with Gasteiger partial charge in [0.2, 0.25) is 5.78 Å². The fourth-order valence-electron chi connectivity index (χ4n) is 2.46. The molecule has 2 aromatic heterocycles. The highest BCUT2D eigenvalue weighted by atomic mass is 79.9. The van der Waals surface area contributed by atoms with Gasteiger partial charge in [0.25, 0.3) is 0 Å². The number of hydrogen-bond donors (Lipinski definition) is 0. The Morgan fingerprint density at radius 3 is 2.94 bits per heavy atom. The molecular weight excluding hydrogens is 358 g/mol. The van der Waals surface area contributed by atoms with E-state index in [-0.39, 0.29) is 0 Å². The molecule has 0 N–H and O–H groups in total. The molecule has 0 bridgehead atoms. The second kappa shape index (κ2) is 3.65. The molecule has 0 radical (unpaired) electrons. The lowest BCUT2D eigenvalue weighted by Gasteiger charge is -2.00. The minimum atomic E-state index is 0.761. The first-order chi connectivity index (χ1) is 8.72. The summed E-state index contributed by atoms with van der Waals surface area (Å²) < 4.78 is 4.14. The molecule has 1 aromatic carbocycles. The van der Waals surface area contributed by atoms with Crippen molar-refractivity contribution in [3.63, 3.8) is 0 Å². The normalized spacial score (nSPS) is 12.8. The van der Waals surface area contributed by atoms with Crippen LogP contribution in [-0.4, -0.2) is 14.4 Å². The van der Waals surface area contributed by atoms with Gasteiger partial charge in [0.05, 0.1) is 15.9 Å². The molecule has 4 rings (SSSR count). The molecule has 5 heteroatoms. The van der Waals surface area contributed by atoms with E-state index >= 15 is 0 Å². The standard InChI is InChI=1S/C13H7Br2N3/c14-8-1-2-10-7(3-8)4-11-12(10)17-13-16-5-9(15)6-18(11)13/h1-3,5-6H,4H2. The Hall–Kier alpha value is -1.20. The van der Waals surface area contributed by atoms with Crippen molar-refractivity contribution in [2.24, 2.45) is 0 Å². The lowest BCUT2D eigenvalue weighted by molar-refractivity contribution is 1.01. The average Bonchev–Trinajstić information content (AvgIpc) is 2.84. The van der Waals surface area contributed by atoms with E-state index < -0.39 is 0 Å². The van der Waals surface area contributed by atoms with Crippen molar-refractivity contribution in [3.05, 3.63) is 50.8 Å². The first kappa shape index (κ1) is 10.7. The summed E-state index contributed by atoms with van der Waals surface area (Å²) in [4.78, 5) is 8.95. The van der Waals surface area contributed by atoms with Gasteiger partial charge in [-0.25, -0.2) is 9.97 Å². The highest BCUT2D eigenvalue weighted by molar-refractivity contribution is 9.10. The first-order valence-corrected chi connectivity index (χ1v) is 7.12. The van der Waals surface area contributed by atoms with Gasteiger partial charge in [-0.05, 0) is 33.6 Å². The van der Waals surface area contributed by atoms with E-state index in [1.54, 1.807) is 6.20 Å². The molecule has 3 nitrogen and oxygen atoms in total. The fraction of sp³-hybridized carbons (Fsp3) is 0.0769. The van der Waals surface area contributed by atoms with Crippen molar-refractivity contribution in [1.82, 2.24) is 14.4 Å². The van der Waals surface area contributed by atoms with Gasteiger partial charge in [0.15, 0.2) is 0 Å². The zero-order valence-electron chi connectivity index (χ0n) is 9.19. The molecule has 0 atom stereocenters. The maximum Gasteiger partial charge on any atom is 0.234 e. The number of rotatable bonds is 0. The van der Waals surface area contributed by atoms with E-state index in [1.165, 1.54) is 16.8 Å².